The average molecular weight is 260 g/mol. The van der Waals surface area contributed by atoms with Crippen LogP contribution in [0.5, 0.6) is 5.75 Å². The molecule has 0 aliphatic carbocycles. The third-order valence-corrected chi connectivity index (χ3v) is 2.01. The smallest absolute Gasteiger partial charge is 0.237 e. The van der Waals surface area contributed by atoms with Crippen LogP contribution in [0.25, 0.3) is 0 Å². The molecule has 0 heterocycles. The van der Waals surface area contributed by atoms with E-state index < -0.39 is 5.82 Å². The molecule has 0 atom stereocenters. The summed E-state index contributed by atoms with van der Waals surface area (Å²) in [7, 11) is 0. The Kier molecular flexibility index (Phi) is 5.31. The fraction of sp³-hybridized carbons (Fsp3) is 0.308. The summed E-state index contributed by atoms with van der Waals surface area (Å²) in [6.07, 6.45) is 0. The number of hydrogen-bond donors (Lipinski definition) is 1. The average Bonchev–Trinajstić information content (AvgIpc) is 2.38. The van der Waals surface area contributed by atoms with Crippen molar-refractivity contribution >= 4 is 11.4 Å². The first-order valence-electron chi connectivity index (χ1n) is 5.63. The Balaban J connectivity index is 2.92. The molecule has 0 saturated heterocycles. The summed E-state index contributed by atoms with van der Waals surface area (Å²) in [4.78, 5) is 0. The molecule has 0 spiro atoms. The molecular weight excluding hydrogens is 247 g/mol. The first kappa shape index (κ1) is 14.5. The van der Waals surface area contributed by atoms with Gasteiger partial charge in [-0.2, -0.15) is 15.6 Å². The van der Waals surface area contributed by atoms with Crippen molar-refractivity contribution in [1.82, 2.24) is 0 Å². The standard InChI is InChI=1S/C13H13FN4O/c1-9(2)8-19-13-4-3-10(14)5-12(13)18-17-11(6-15)7-16/h3-5,9,18H,8H2,1-2H3. The Bertz CT molecular complexity index is 539. The van der Waals surface area contributed by atoms with Crippen molar-refractivity contribution in [3.8, 4) is 17.9 Å². The van der Waals surface area contributed by atoms with Gasteiger partial charge in [0.15, 0.2) is 0 Å². The lowest BCUT2D eigenvalue weighted by Crippen LogP contribution is -2.06. The van der Waals surface area contributed by atoms with Gasteiger partial charge >= 0.3 is 0 Å². The van der Waals surface area contributed by atoms with E-state index in [1.54, 1.807) is 12.1 Å². The van der Waals surface area contributed by atoms with Crippen LogP contribution in [0.3, 0.4) is 0 Å². The van der Waals surface area contributed by atoms with E-state index in [-0.39, 0.29) is 11.4 Å². The lowest BCUT2D eigenvalue weighted by molar-refractivity contribution is 0.272. The molecule has 0 amide bonds. The third kappa shape index (κ3) is 4.64. The number of benzene rings is 1. The SMILES string of the molecule is CC(C)COc1ccc(F)cc1NN=C(C#N)C#N. The Labute approximate surface area is 110 Å². The van der Waals surface area contributed by atoms with Crippen molar-refractivity contribution in [2.45, 2.75) is 13.8 Å². The largest absolute Gasteiger partial charge is 0.491 e. The van der Waals surface area contributed by atoms with E-state index in [1.165, 1.54) is 18.2 Å². The Hall–Kier alpha value is -2.60. The van der Waals surface area contributed by atoms with Gasteiger partial charge in [0.05, 0.1) is 6.61 Å². The van der Waals surface area contributed by atoms with E-state index in [1.807, 2.05) is 13.8 Å². The summed E-state index contributed by atoms with van der Waals surface area (Å²) in [6, 6.07) is 7.11. The predicted octanol–water partition coefficient (Wildman–Crippen LogP) is 2.68. The molecule has 0 radical (unpaired) electrons. The van der Waals surface area contributed by atoms with Crippen molar-refractivity contribution in [1.29, 1.82) is 10.5 Å². The number of hydrazone groups is 1. The highest BCUT2D eigenvalue weighted by Crippen LogP contribution is 2.25. The van der Waals surface area contributed by atoms with Crippen LogP contribution in [-0.2, 0) is 0 Å². The van der Waals surface area contributed by atoms with Crippen LogP contribution in [0.4, 0.5) is 10.1 Å². The lowest BCUT2D eigenvalue weighted by Gasteiger charge is -2.12. The first-order chi connectivity index (χ1) is 9.06. The molecule has 0 unspecified atom stereocenters. The summed E-state index contributed by atoms with van der Waals surface area (Å²) in [5.74, 6) is 0.259. The summed E-state index contributed by atoms with van der Waals surface area (Å²) in [5, 5.41) is 20.7. The number of nitrogens with zero attached hydrogens (tertiary/aromatic N) is 3. The number of nitriles is 2. The van der Waals surface area contributed by atoms with Crippen molar-refractivity contribution in [3.05, 3.63) is 24.0 Å². The van der Waals surface area contributed by atoms with Gasteiger partial charge in [0.2, 0.25) is 5.71 Å². The maximum absolute atomic E-state index is 13.2. The predicted molar refractivity (Wildman–Crippen MR) is 69.0 cm³/mol. The quantitative estimate of drug-likeness (QED) is 0.651. The van der Waals surface area contributed by atoms with Crippen molar-refractivity contribution in [2.75, 3.05) is 12.0 Å². The zero-order chi connectivity index (χ0) is 14.3. The van der Waals surface area contributed by atoms with Crippen LogP contribution in [-0.4, -0.2) is 12.3 Å². The summed E-state index contributed by atoms with van der Waals surface area (Å²) in [5.41, 5.74) is 2.38. The van der Waals surface area contributed by atoms with Gasteiger partial charge in [-0.1, -0.05) is 13.8 Å². The van der Waals surface area contributed by atoms with E-state index in [4.69, 9.17) is 15.3 Å². The first-order valence-corrected chi connectivity index (χ1v) is 5.63. The molecule has 0 aliphatic rings. The molecule has 19 heavy (non-hydrogen) atoms. The molecule has 98 valence electrons. The maximum Gasteiger partial charge on any atom is 0.237 e. The van der Waals surface area contributed by atoms with Crippen LogP contribution < -0.4 is 10.2 Å². The van der Waals surface area contributed by atoms with Gasteiger partial charge in [-0.15, -0.1) is 0 Å². The number of hydrogen-bond acceptors (Lipinski definition) is 5. The highest BCUT2D eigenvalue weighted by molar-refractivity contribution is 6.10. The Morgan fingerprint density at radius 2 is 2.11 bits per heavy atom. The minimum atomic E-state index is -0.468. The minimum absolute atomic E-state index is 0.267. The van der Waals surface area contributed by atoms with Crippen molar-refractivity contribution < 1.29 is 9.13 Å². The lowest BCUT2D eigenvalue weighted by atomic mass is 10.2. The molecule has 0 aliphatic heterocycles. The normalized spacial score (nSPS) is 9.37. The number of nitrogens with one attached hydrogen (secondary N) is 1. The molecule has 0 fully saturated rings. The van der Waals surface area contributed by atoms with Crippen molar-refractivity contribution in [2.24, 2.45) is 11.0 Å². The van der Waals surface area contributed by atoms with Gasteiger partial charge in [-0.05, 0) is 18.1 Å². The fourth-order valence-corrected chi connectivity index (χ4v) is 1.16. The van der Waals surface area contributed by atoms with Crippen LogP contribution in [0.1, 0.15) is 13.8 Å². The molecule has 6 heteroatoms. The van der Waals surface area contributed by atoms with Crippen molar-refractivity contribution in [3.63, 3.8) is 0 Å². The molecule has 1 aromatic carbocycles. The number of halogens is 1. The second-order valence-corrected chi connectivity index (χ2v) is 4.14. The summed E-state index contributed by atoms with van der Waals surface area (Å²) < 4.78 is 18.6. The number of ether oxygens (including phenoxy) is 1. The molecule has 1 rings (SSSR count). The third-order valence-electron chi connectivity index (χ3n) is 2.01. The number of anilines is 1. The van der Waals surface area contributed by atoms with E-state index in [2.05, 4.69) is 10.5 Å². The van der Waals surface area contributed by atoms with Gasteiger partial charge in [0.25, 0.3) is 0 Å². The minimum Gasteiger partial charge on any atom is -0.491 e. The molecular formula is C13H13FN4O. The van der Waals surface area contributed by atoms with Gasteiger partial charge in [-0.3, -0.25) is 5.43 Å². The van der Waals surface area contributed by atoms with Gasteiger partial charge in [-0.25, -0.2) is 4.39 Å². The summed E-state index contributed by atoms with van der Waals surface area (Å²) in [6.45, 7) is 4.43. The van der Waals surface area contributed by atoms with Crippen LogP contribution >= 0.6 is 0 Å². The van der Waals surface area contributed by atoms with Gasteiger partial charge < -0.3 is 4.74 Å². The van der Waals surface area contributed by atoms with E-state index >= 15 is 0 Å². The van der Waals surface area contributed by atoms with Crippen LogP contribution in [0, 0.1) is 34.4 Å². The molecule has 1 aromatic rings. The van der Waals surface area contributed by atoms with Gasteiger partial charge in [0.1, 0.15) is 29.4 Å². The van der Waals surface area contributed by atoms with Crippen LogP contribution in [0.15, 0.2) is 23.3 Å². The fourth-order valence-electron chi connectivity index (χ4n) is 1.16. The second kappa shape index (κ2) is 6.97. The molecule has 1 N–H and O–H groups in total. The molecule has 0 aromatic heterocycles. The summed E-state index contributed by atoms with van der Waals surface area (Å²) >= 11 is 0. The van der Waals surface area contributed by atoms with E-state index in [0.29, 0.717) is 18.3 Å². The zero-order valence-electron chi connectivity index (χ0n) is 10.6. The highest BCUT2D eigenvalue weighted by atomic mass is 19.1. The van der Waals surface area contributed by atoms with E-state index in [0.717, 1.165) is 0 Å². The number of rotatable bonds is 5. The maximum atomic E-state index is 13.2. The topological polar surface area (TPSA) is 81.2 Å². The zero-order valence-corrected chi connectivity index (χ0v) is 10.6. The second-order valence-electron chi connectivity index (χ2n) is 4.14. The molecule has 5 nitrogen and oxygen atoms in total. The monoisotopic (exact) mass is 260 g/mol. The molecule has 0 saturated carbocycles. The van der Waals surface area contributed by atoms with Crippen LogP contribution in [0.2, 0.25) is 0 Å². The van der Waals surface area contributed by atoms with Gasteiger partial charge in [0, 0.05) is 6.07 Å². The Morgan fingerprint density at radius 3 is 2.68 bits per heavy atom. The van der Waals surface area contributed by atoms with E-state index in [9.17, 15) is 4.39 Å². The molecule has 0 bridgehead atoms. The Morgan fingerprint density at radius 1 is 1.42 bits per heavy atom. The highest BCUT2D eigenvalue weighted by Gasteiger charge is 2.06.